The Morgan fingerprint density at radius 3 is 2.42 bits per heavy atom. The van der Waals surface area contributed by atoms with E-state index in [4.69, 9.17) is 0 Å². The number of rotatable bonds is 9. The molecule has 0 unspecified atom stereocenters. The highest BCUT2D eigenvalue weighted by Gasteiger charge is 2.15. The number of benzene rings is 1. The van der Waals surface area contributed by atoms with Crippen molar-refractivity contribution in [2.75, 3.05) is 13.1 Å². The van der Waals surface area contributed by atoms with Crippen molar-refractivity contribution in [3.63, 3.8) is 0 Å². The first kappa shape index (κ1) is 20.6. The molecule has 5 nitrogen and oxygen atoms in total. The van der Waals surface area contributed by atoms with Gasteiger partial charge in [0.2, 0.25) is 10.0 Å². The average Bonchev–Trinajstić information content (AvgIpc) is 3.02. The van der Waals surface area contributed by atoms with E-state index in [0.29, 0.717) is 4.88 Å². The van der Waals surface area contributed by atoms with E-state index in [1.165, 1.54) is 21.8 Å². The summed E-state index contributed by atoms with van der Waals surface area (Å²) in [7, 11) is -3.55. The minimum absolute atomic E-state index is 0.149. The average molecular weight is 395 g/mol. The molecule has 142 valence electrons. The zero-order valence-electron chi connectivity index (χ0n) is 15.5. The molecule has 1 aromatic heterocycles. The van der Waals surface area contributed by atoms with Crippen LogP contribution in [0.3, 0.4) is 0 Å². The molecular formula is C19H26N2O3S2. The molecule has 1 amide bonds. The fourth-order valence-electron chi connectivity index (χ4n) is 2.57. The van der Waals surface area contributed by atoms with E-state index >= 15 is 0 Å². The first-order chi connectivity index (χ1) is 12.4. The molecular weight excluding hydrogens is 368 g/mol. The number of carbonyl (C=O) groups excluding carboxylic acids is 1. The third-order valence-electron chi connectivity index (χ3n) is 4.01. The summed E-state index contributed by atoms with van der Waals surface area (Å²) < 4.78 is 26.9. The maximum atomic E-state index is 12.3. The molecule has 7 heteroatoms. The molecule has 0 saturated carbocycles. The van der Waals surface area contributed by atoms with Gasteiger partial charge in [-0.2, -0.15) is 0 Å². The first-order valence-corrected chi connectivity index (χ1v) is 11.1. The Hall–Kier alpha value is -1.70. The summed E-state index contributed by atoms with van der Waals surface area (Å²) in [6.45, 7) is 6.50. The highest BCUT2D eigenvalue weighted by molar-refractivity contribution is 7.89. The number of nitrogens with one attached hydrogen (secondary N) is 2. The molecule has 0 spiro atoms. The summed E-state index contributed by atoms with van der Waals surface area (Å²) >= 11 is 1.53. The first-order valence-electron chi connectivity index (χ1n) is 8.83. The van der Waals surface area contributed by atoms with Gasteiger partial charge in [0.15, 0.2) is 0 Å². The van der Waals surface area contributed by atoms with Crippen LogP contribution >= 0.6 is 11.3 Å². The Morgan fingerprint density at radius 2 is 1.81 bits per heavy atom. The van der Waals surface area contributed by atoms with Gasteiger partial charge in [0, 0.05) is 18.0 Å². The molecule has 26 heavy (non-hydrogen) atoms. The fraction of sp³-hybridized carbons (Fsp3) is 0.421. The van der Waals surface area contributed by atoms with Gasteiger partial charge in [0.1, 0.15) is 0 Å². The van der Waals surface area contributed by atoms with Crippen molar-refractivity contribution >= 4 is 27.3 Å². The molecule has 0 saturated heterocycles. The highest BCUT2D eigenvalue weighted by atomic mass is 32.2. The van der Waals surface area contributed by atoms with Gasteiger partial charge < -0.3 is 5.32 Å². The van der Waals surface area contributed by atoms with Crippen LogP contribution in [0.4, 0.5) is 0 Å². The Morgan fingerprint density at radius 1 is 1.12 bits per heavy atom. The van der Waals surface area contributed by atoms with Crippen LogP contribution in [0.2, 0.25) is 0 Å². The van der Waals surface area contributed by atoms with Crippen molar-refractivity contribution in [1.29, 1.82) is 0 Å². The summed E-state index contributed by atoms with van der Waals surface area (Å²) in [5.41, 5.74) is 2.23. The van der Waals surface area contributed by atoms with Crippen molar-refractivity contribution < 1.29 is 13.2 Å². The van der Waals surface area contributed by atoms with Gasteiger partial charge in [-0.1, -0.05) is 38.0 Å². The molecule has 0 fully saturated rings. The molecule has 0 aliphatic heterocycles. The lowest BCUT2D eigenvalue weighted by Gasteiger charge is -2.08. The molecule has 0 bridgehead atoms. The molecule has 0 radical (unpaired) electrons. The molecule has 0 aliphatic carbocycles. The Kier molecular flexibility index (Phi) is 7.37. The zero-order chi connectivity index (χ0) is 19.2. The number of hydrogen-bond donors (Lipinski definition) is 2. The van der Waals surface area contributed by atoms with E-state index in [1.807, 2.05) is 13.0 Å². The van der Waals surface area contributed by atoms with Crippen LogP contribution in [0.25, 0.3) is 0 Å². The quantitative estimate of drug-likeness (QED) is 0.641. The largest absolute Gasteiger partial charge is 0.350 e. The van der Waals surface area contributed by atoms with Crippen molar-refractivity contribution in [1.82, 2.24) is 10.0 Å². The van der Waals surface area contributed by atoms with Gasteiger partial charge >= 0.3 is 0 Å². The summed E-state index contributed by atoms with van der Waals surface area (Å²) in [5.74, 6) is -0.151. The van der Waals surface area contributed by atoms with E-state index in [9.17, 15) is 13.2 Å². The SMILES string of the molecule is CCCc1sc(C(=O)NCCNS(=O)(=O)c2ccc(C)cc2)cc1CC. The fourth-order valence-corrected chi connectivity index (χ4v) is 4.87. The van der Waals surface area contributed by atoms with Crippen LogP contribution in [0.1, 0.15) is 45.9 Å². The molecule has 0 atom stereocenters. The summed E-state index contributed by atoms with van der Waals surface area (Å²) in [4.78, 5) is 14.5. The maximum absolute atomic E-state index is 12.3. The van der Waals surface area contributed by atoms with Crippen molar-refractivity contribution in [3.05, 3.63) is 51.2 Å². The van der Waals surface area contributed by atoms with Crippen molar-refractivity contribution in [2.24, 2.45) is 0 Å². The van der Waals surface area contributed by atoms with Crippen LogP contribution in [0, 0.1) is 6.92 Å². The van der Waals surface area contributed by atoms with Crippen molar-refractivity contribution in [2.45, 2.75) is 44.9 Å². The van der Waals surface area contributed by atoms with Gasteiger partial charge in [-0.05, 0) is 43.5 Å². The number of thiophene rings is 1. The summed E-state index contributed by atoms with van der Waals surface area (Å²) in [6, 6.07) is 8.60. The standard InChI is InChI=1S/C19H26N2O3S2/c1-4-6-17-15(5-2)13-18(25-17)19(22)20-11-12-21-26(23,24)16-9-7-14(3)8-10-16/h7-10,13,21H,4-6,11-12H2,1-3H3,(H,20,22). The lowest BCUT2D eigenvalue weighted by atomic mass is 10.1. The van der Waals surface area contributed by atoms with E-state index in [0.717, 1.165) is 24.8 Å². The van der Waals surface area contributed by atoms with Crippen LogP contribution < -0.4 is 10.0 Å². The molecule has 1 aromatic carbocycles. The number of sulfonamides is 1. The monoisotopic (exact) mass is 394 g/mol. The van der Waals surface area contributed by atoms with E-state index in [2.05, 4.69) is 23.9 Å². The van der Waals surface area contributed by atoms with Gasteiger partial charge in [-0.25, -0.2) is 13.1 Å². The van der Waals surface area contributed by atoms with Crippen LogP contribution in [0.5, 0.6) is 0 Å². The zero-order valence-corrected chi connectivity index (χ0v) is 17.1. The van der Waals surface area contributed by atoms with E-state index in [-0.39, 0.29) is 23.9 Å². The Bertz CT molecular complexity index is 840. The third-order valence-corrected chi connectivity index (χ3v) is 6.73. The van der Waals surface area contributed by atoms with Gasteiger partial charge in [-0.3, -0.25) is 4.79 Å². The number of hydrogen-bond acceptors (Lipinski definition) is 4. The van der Waals surface area contributed by atoms with Gasteiger partial charge in [0.05, 0.1) is 9.77 Å². The number of aryl methyl sites for hydroxylation is 3. The normalized spacial score (nSPS) is 11.5. The molecule has 2 rings (SSSR count). The van der Waals surface area contributed by atoms with Crippen LogP contribution in [-0.2, 0) is 22.9 Å². The minimum atomic E-state index is -3.55. The predicted octanol–water partition coefficient (Wildman–Crippen LogP) is 3.28. The van der Waals surface area contributed by atoms with Crippen LogP contribution in [-0.4, -0.2) is 27.4 Å². The minimum Gasteiger partial charge on any atom is -0.350 e. The Balaban J connectivity index is 1.87. The second-order valence-electron chi connectivity index (χ2n) is 6.13. The predicted molar refractivity (Wildman–Crippen MR) is 106 cm³/mol. The maximum Gasteiger partial charge on any atom is 0.261 e. The lowest BCUT2D eigenvalue weighted by Crippen LogP contribution is -2.34. The van der Waals surface area contributed by atoms with E-state index in [1.54, 1.807) is 24.3 Å². The molecule has 0 aliphatic rings. The third kappa shape index (κ3) is 5.40. The lowest BCUT2D eigenvalue weighted by molar-refractivity contribution is 0.0958. The molecule has 2 aromatic rings. The highest BCUT2D eigenvalue weighted by Crippen LogP contribution is 2.24. The number of amides is 1. The van der Waals surface area contributed by atoms with Gasteiger partial charge in [-0.15, -0.1) is 11.3 Å². The second-order valence-corrected chi connectivity index (χ2v) is 9.03. The summed E-state index contributed by atoms with van der Waals surface area (Å²) in [5, 5.41) is 2.78. The Labute approximate surface area is 159 Å². The van der Waals surface area contributed by atoms with Gasteiger partial charge in [0.25, 0.3) is 5.91 Å². The smallest absolute Gasteiger partial charge is 0.261 e. The van der Waals surface area contributed by atoms with Crippen LogP contribution in [0.15, 0.2) is 35.2 Å². The second kappa shape index (κ2) is 9.30. The molecule has 2 N–H and O–H groups in total. The number of carbonyl (C=O) groups is 1. The topological polar surface area (TPSA) is 75.3 Å². The molecule has 1 heterocycles. The van der Waals surface area contributed by atoms with E-state index < -0.39 is 10.0 Å². The van der Waals surface area contributed by atoms with Crippen molar-refractivity contribution in [3.8, 4) is 0 Å². The summed E-state index contributed by atoms with van der Waals surface area (Å²) in [6.07, 6.45) is 2.95.